The van der Waals surface area contributed by atoms with Gasteiger partial charge in [-0.15, -0.1) is 0 Å². The lowest BCUT2D eigenvalue weighted by Gasteiger charge is -2.01. The molecule has 0 saturated carbocycles. The molecule has 9 heavy (non-hydrogen) atoms. The smallest absolute Gasteiger partial charge is 0.0565 e. The van der Waals surface area contributed by atoms with Crippen LogP contribution in [-0.2, 0) is 0 Å². The molecule has 0 aliphatic heterocycles. The molecule has 0 heterocycles. The van der Waals surface area contributed by atoms with Crippen LogP contribution in [0.25, 0.3) is 0 Å². The predicted octanol–water partition coefficient (Wildman–Crippen LogP) is 0.748. The molecule has 0 radical (unpaired) electrons. The zero-order valence-corrected chi connectivity index (χ0v) is 5.65. The van der Waals surface area contributed by atoms with Crippen molar-refractivity contribution in [1.29, 1.82) is 0 Å². The van der Waals surface area contributed by atoms with Crippen molar-refractivity contribution in [1.82, 2.24) is 5.32 Å². The van der Waals surface area contributed by atoms with E-state index in [1.807, 2.05) is 0 Å². The molecule has 0 saturated heterocycles. The Labute approximate surface area is 55.7 Å². The third-order valence-electron chi connectivity index (χ3n) is 1.00. The Hall–Kier alpha value is -1.18. The molecule has 0 aromatic rings. The Morgan fingerprint density at radius 2 is 2.00 bits per heavy atom. The van der Waals surface area contributed by atoms with E-state index in [4.69, 9.17) is 5.73 Å². The summed E-state index contributed by atoms with van der Waals surface area (Å²) >= 11 is 0. The first-order valence-corrected chi connectivity index (χ1v) is 2.68. The van der Waals surface area contributed by atoms with Crippen molar-refractivity contribution in [3.05, 3.63) is 36.7 Å². The molecule has 2 nitrogen and oxygen atoms in total. The summed E-state index contributed by atoms with van der Waals surface area (Å²) in [7, 11) is 1.79. The van der Waals surface area contributed by atoms with Crippen molar-refractivity contribution in [2.75, 3.05) is 7.05 Å². The van der Waals surface area contributed by atoms with E-state index in [0.29, 0.717) is 5.70 Å². The van der Waals surface area contributed by atoms with Gasteiger partial charge in [0.15, 0.2) is 0 Å². The first-order chi connectivity index (χ1) is 4.26. The molecule has 3 N–H and O–H groups in total. The number of hydrogen-bond donors (Lipinski definition) is 2. The highest BCUT2D eigenvalue weighted by molar-refractivity contribution is 5.26. The zero-order chi connectivity index (χ0) is 7.28. The second-order valence-electron chi connectivity index (χ2n) is 1.53. The number of nitrogens with one attached hydrogen (secondary N) is 1. The maximum Gasteiger partial charge on any atom is 0.0565 e. The van der Waals surface area contributed by atoms with Gasteiger partial charge in [-0.3, -0.25) is 0 Å². The van der Waals surface area contributed by atoms with E-state index in [1.165, 1.54) is 0 Å². The van der Waals surface area contributed by atoms with Gasteiger partial charge in [-0.05, 0) is 12.2 Å². The van der Waals surface area contributed by atoms with Crippen molar-refractivity contribution in [3.8, 4) is 0 Å². The van der Waals surface area contributed by atoms with Crippen molar-refractivity contribution in [2.45, 2.75) is 0 Å². The third-order valence-corrected chi connectivity index (χ3v) is 1.00. The van der Waals surface area contributed by atoms with E-state index in [1.54, 1.807) is 19.2 Å². The lowest BCUT2D eigenvalue weighted by Crippen LogP contribution is -2.10. The van der Waals surface area contributed by atoms with Gasteiger partial charge in [0.2, 0.25) is 0 Å². The van der Waals surface area contributed by atoms with E-state index in [-0.39, 0.29) is 0 Å². The minimum Gasteiger partial charge on any atom is -0.397 e. The topological polar surface area (TPSA) is 38.0 Å². The molecule has 50 valence electrons. The molecule has 0 bridgehead atoms. The van der Waals surface area contributed by atoms with Crippen LogP contribution in [0, 0.1) is 0 Å². The van der Waals surface area contributed by atoms with Crippen LogP contribution in [0.4, 0.5) is 0 Å². The second-order valence-corrected chi connectivity index (χ2v) is 1.53. The molecule has 0 aromatic heterocycles. The molecule has 0 aromatic carbocycles. The molecule has 0 fully saturated rings. The van der Waals surface area contributed by atoms with E-state index in [9.17, 15) is 0 Å². The lowest BCUT2D eigenvalue weighted by molar-refractivity contribution is 1.01. The molecule has 0 aliphatic carbocycles. The number of likely N-dealkylation sites (N-methyl/N-ethyl adjacent to an activating group) is 1. The van der Waals surface area contributed by atoms with Gasteiger partial charge in [-0.2, -0.15) is 0 Å². The summed E-state index contributed by atoms with van der Waals surface area (Å²) in [4.78, 5) is 0. The van der Waals surface area contributed by atoms with Gasteiger partial charge in [-0.1, -0.05) is 13.2 Å². The Kier molecular flexibility index (Phi) is 3.28. The molecular weight excluding hydrogens is 112 g/mol. The van der Waals surface area contributed by atoms with Gasteiger partial charge in [0, 0.05) is 7.05 Å². The number of nitrogens with two attached hydrogens (primary N) is 1. The summed E-state index contributed by atoms with van der Waals surface area (Å²) in [6.07, 6.45) is 3.23. The van der Waals surface area contributed by atoms with Crippen LogP contribution in [0.5, 0.6) is 0 Å². The molecule has 2 heteroatoms. The van der Waals surface area contributed by atoms with Crippen LogP contribution >= 0.6 is 0 Å². The molecule has 0 spiro atoms. The summed E-state index contributed by atoms with van der Waals surface area (Å²) in [5.41, 5.74) is 6.89. The van der Waals surface area contributed by atoms with Crippen LogP contribution in [0.2, 0.25) is 0 Å². The molecular formula is C7H12N2. The number of hydrogen-bond acceptors (Lipinski definition) is 2. The Bertz CT molecular complexity index is 145. The normalized spacial score (nSPS) is 11.7. The second kappa shape index (κ2) is 3.78. The van der Waals surface area contributed by atoms with Crippen molar-refractivity contribution in [3.63, 3.8) is 0 Å². The highest BCUT2D eigenvalue weighted by Gasteiger charge is 1.88. The van der Waals surface area contributed by atoms with Gasteiger partial charge < -0.3 is 11.1 Å². The highest BCUT2D eigenvalue weighted by Crippen LogP contribution is 1.94. The SMILES string of the molecule is C=C/C(N)=C(\C=C)NC. The Morgan fingerprint density at radius 3 is 2.11 bits per heavy atom. The standard InChI is InChI=1S/C7H12N2/c1-4-6(8)7(5-2)9-3/h4-5,9H,1-2,8H2,3H3/b7-6-. The van der Waals surface area contributed by atoms with E-state index in [0.717, 1.165) is 5.70 Å². The lowest BCUT2D eigenvalue weighted by atomic mass is 10.3. The fourth-order valence-electron chi connectivity index (χ4n) is 0.474. The van der Waals surface area contributed by atoms with Crippen molar-refractivity contribution in [2.24, 2.45) is 5.73 Å². The van der Waals surface area contributed by atoms with Crippen LogP contribution in [0.3, 0.4) is 0 Å². The quantitative estimate of drug-likeness (QED) is 0.545. The largest absolute Gasteiger partial charge is 0.397 e. The summed E-state index contributed by atoms with van der Waals surface area (Å²) < 4.78 is 0. The fraction of sp³-hybridized carbons (Fsp3) is 0.143. The Balaban J connectivity index is 4.36. The van der Waals surface area contributed by atoms with Gasteiger partial charge in [0.25, 0.3) is 0 Å². The van der Waals surface area contributed by atoms with Crippen LogP contribution in [0.1, 0.15) is 0 Å². The van der Waals surface area contributed by atoms with Gasteiger partial charge in [0.05, 0.1) is 11.4 Å². The van der Waals surface area contributed by atoms with E-state index < -0.39 is 0 Å². The third kappa shape index (κ3) is 2.04. The molecule has 0 unspecified atom stereocenters. The Morgan fingerprint density at radius 1 is 1.44 bits per heavy atom. The van der Waals surface area contributed by atoms with Gasteiger partial charge >= 0.3 is 0 Å². The summed E-state index contributed by atoms with van der Waals surface area (Å²) in [5.74, 6) is 0. The number of rotatable bonds is 3. The molecule has 0 atom stereocenters. The predicted molar refractivity (Wildman–Crippen MR) is 40.7 cm³/mol. The molecule has 0 aliphatic rings. The summed E-state index contributed by atoms with van der Waals surface area (Å²) in [6, 6.07) is 0. The first kappa shape index (κ1) is 7.82. The first-order valence-electron chi connectivity index (χ1n) is 2.68. The minimum atomic E-state index is 0.618. The summed E-state index contributed by atoms with van der Waals surface area (Å²) in [6.45, 7) is 7.06. The average molecular weight is 124 g/mol. The summed E-state index contributed by atoms with van der Waals surface area (Å²) in [5, 5.41) is 2.87. The average Bonchev–Trinajstić information content (AvgIpc) is 1.90. The molecule has 0 amide bonds. The van der Waals surface area contributed by atoms with Gasteiger partial charge in [-0.25, -0.2) is 0 Å². The van der Waals surface area contributed by atoms with E-state index >= 15 is 0 Å². The van der Waals surface area contributed by atoms with Crippen LogP contribution < -0.4 is 11.1 Å². The maximum absolute atomic E-state index is 5.47. The monoisotopic (exact) mass is 124 g/mol. The number of allylic oxidation sites excluding steroid dienone is 2. The van der Waals surface area contributed by atoms with Crippen molar-refractivity contribution >= 4 is 0 Å². The van der Waals surface area contributed by atoms with E-state index in [2.05, 4.69) is 18.5 Å². The van der Waals surface area contributed by atoms with Gasteiger partial charge in [0.1, 0.15) is 0 Å². The molecule has 0 rings (SSSR count). The zero-order valence-electron chi connectivity index (χ0n) is 5.65. The van der Waals surface area contributed by atoms with Crippen LogP contribution in [-0.4, -0.2) is 7.05 Å². The fourth-order valence-corrected chi connectivity index (χ4v) is 0.474. The minimum absolute atomic E-state index is 0.618. The van der Waals surface area contributed by atoms with Crippen molar-refractivity contribution < 1.29 is 0 Å². The maximum atomic E-state index is 5.47. The van der Waals surface area contributed by atoms with Crippen LogP contribution in [0.15, 0.2) is 36.7 Å². The highest BCUT2D eigenvalue weighted by atomic mass is 14.8.